The van der Waals surface area contributed by atoms with E-state index in [1.165, 1.54) is 31.0 Å². The number of pyridine rings is 1. The van der Waals surface area contributed by atoms with Crippen molar-refractivity contribution in [3.05, 3.63) is 45.6 Å². The van der Waals surface area contributed by atoms with Gasteiger partial charge in [-0.2, -0.15) is 5.10 Å². The molecule has 2 rings (SSSR count). The van der Waals surface area contributed by atoms with Crippen LogP contribution in [-0.2, 0) is 27.9 Å². The minimum Gasteiger partial charge on any atom is -0.507 e. The van der Waals surface area contributed by atoms with Gasteiger partial charge < -0.3 is 19.5 Å². The van der Waals surface area contributed by atoms with Gasteiger partial charge in [0.25, 0.3) is 5.56 Å². The van der Waals surface area contributed by atoms with Gasteiger partial charge in [0.1, 0.15) is 12.3 Å². The van der Waals surface area contributed by atoms with Crippen molar-refractivity contribution >= 4 is 11.9 Å². The smallest absolute Gasteiger partial charge is 0.323 e. The van der Waals surface area contributed by atoms with Crippen LogP contribution in [0.25, 0.3) is 0 Å². The van der Waals surface area contributed by atoms with E-state index in [-0.39, 0.29) is 17.7 Å². The fourth-order valence-corrected chi connectivity index (χ4v) is 2.76. The maximum absolute atomic E-state index is 12.8. The van der Waals surface area contributed by atoms with Crippen LogP contribution in [0, 0.1) is 6.92 Å². The van der Waals surface area contributed by atoms with Crippen molar-refractivity contribution in [3.63, 3.8) is 0 Å². The number of rotatable bonds is 6. The average molecular weight is 349 g/mol. The van der Waals surface area contributed by atoms with Gasteiger partial charge in [-0.3, -0.25) is 19.1 Å². The van der Waals surface area contributed by atoms with Crippen LogP contribution in [0.3, 0.4) is 0 Å². The van der Waals surface area contributed by atoms with Gasteiger partial charge in [-0.25, -0.2) is 0 Å². The third-order valence-electron chi connectivity index (χ3n) is 3.98. The Balaban J connectivity index is 2.68. The number of nitrogens with zero attached hydrogens (tertiary/aromatic N) is 3. The molecule has 0 saturated heterocycles. The topological polar surface area (TPSA) is 124 Å². The molecule has 9 nitrogen and oxygen atoms in total. The zero-order valence-corrected chi connectivity index (χ0v) is 14.1. The molecule has 0 radical (unpaired) electrons. The van der Waals surface area contributed by atoms with Gasteiger partial charge in [0.05, 0.1) is 19.1 Å². The quantitative estimate of drug-likeness (QED) is 0.722. The molecule has 0 amide bonds. The van der Waals surface area contributed by atoms with Crippen LogP contribution in [-0.4, -0.2) is 43.6 Å². The summed E-state index contributed by atoms with van der Waals surface area (Å²) < 4.78 is 7.20. The number of carboxylic acid groups (broad SMARTS) is 1. The lowest BCUT2D eigenvalue weighted by atomic mass is 9.92. The Morgan fingerprint density at radius 3 is 2.60 bits per heavy atom. The fraction of sp³-hybridized carbons (Fsp3) is 0.375. The largest absolute Gasteiger partial charge is 0.507 e. The third kappa shape index (κ3) is 3.70. The number of hydrogen-bond acceptors (Lipinski definition) is 6. The van der Waals surface area contributed by atoms with E-state index in [1.54, 1.807) is 13.1 Å². The lowest BCUT2D eigenvalue weighted by Gasteiger charge is -2.19. The lowest BCUT2D eigenvalue weighted by molar-refractivity contribution is -0.141. The second kappa shape index (κ2) is 7.20. The zero-order valence-electron chi connectivity index (χ0n) is 14.1. The van der Waals surface area contributed by atoms with Gasteiger partial charge in [-0.1, -0.05) is 0 Å². The van der Waals surface area contributed by atoms with Crippen LogP contribution in [0.1, 0.15) is 29.3 Å². The Morgan fingerprint density at radius 2 is 2.08 bits per heavy atom. The number of hydrogen-bond donors (Lipinski definition) is 2. The molecule has 1 unspecified atom stereocenters. The molecule has 0 bridgehead atoms. The van der Waals surface area contributed by atoms with Crippen LogP contribution >= 0.6 is 0 Å². The minimum atomic E-state index is -1.19. The number of carboxylic acids is 1. The molecule has 134 valence electrons. The maximum atomic E-state index is 12.8. The monoisotopic (exact) mass is 349 g/mol. The first kappa shape index (κ1) is 18.2. The highest BCUT2D eigenvalue weighted by Crippen LogP contribution is 2.32. The summed E-state index contributed by atoms with van der Waals surface area (Å²) in [6, 6.07) is 2.92. The molecule has 2 N–H and O–H groups in total. The van der Waals surface area contributed by atoms with Crippen LogP contribution in [0.2, 0.25) is 0 Å². The van der Waals surface area contributed by atoms with E-state index in [0.29, 0.717) is 11.4 Å². The first-order chi connectivity index (χ1) is 11.8. The number of carbonyl (C=O) groups excluding carboxylic acids is 1. The highest BCUT2D eigenvalue weighted by atomic mass is 16.5. The molecule has 0 aliphatic rings. The molecule has 2 heterocycles. The molecule has 0 spiro atoms. The highest BCUT2D eigenvalue weighted by molar-refractivity contribution is 5.71. The van der Waals surface area contributed by atoms with Gasteiger partial charge in [-0.15, -0.1) is 0 Å². The number of aromatic hydroxyl groups is 1. The molecule has 25 heavy (non-hydrogen) atoms. The van der Waals surface area contributed by atoms with Gasteiger partial charge >= 0.3 is 11.9 Å². The molecule has 0 aliphatic carbocycles. The van der Waals surface area contributed by atoms with E-state index < -0.39 is 30.0 Å². The summed E-state index contributed by atoms with van der Waals surface area (Å²) in [5.41, 5.74) is 0.0786. The van der Waals surface area contributed by atoms with E-state index in [1.807, 2.05) is 0 Å². The highest BCUT2D eigenvalue weighted by Gasteiger charge is 2.28. The minimum absolute atomic E-state index is 0.0687. The third-order valence-corrected chi connectivity index (χ3v) is 3.98. The lowest BCUT2D eigenvalue weighted by Crippen LogP contribution is -2.31. The summed E-state index contributed by atoms with van der Waals surface area (Å²) >= 11 is 0. The summed E-state index contributed by atoms with van der Waals surface area (Å²) in [5, 5.41) is 23.4. The van der Waals surface area contributed by atoms with Crippen molar-refractivity contribution in [1.82, 2.24) is 14.3 Å². The summed E-state index contributed by atoms with van der Waals surface area (Å²) in [7, 11) is 2.86. The number of esters is 1. The first-order valence-electron chi connectivity index (χ1n) is 7.46. The van der Waals surface area contributed by atoms with E-state index >= 15 is 0 Å². The van der Waals surface area contributed by atoms with Crippen molar-refractivity contribution in [1.29, 1.82) is 0 Å². The number of aliphatic carboxylic acids is 1. The standard InChI is InChI=1S/C16H19N3O6/c1-9-6-12(20)15(16(24)19(9)8-13(21)22)10(7-14(23)25-3)11-4-5-17-18(11)2/h4-6,10,20H,7-8H2,1-3H3,(H,21,22). The summed E-state index contributed by atoms with van der Waals surface area (Å²) in [6.45, 7) is 0.974. The molecular formula is C16H19N3O6. The zero-order chi connectivity index (χ0) is 18.7. The van der Waals surface area contributed by atoms with Crippen molar-refractivity contribution in [2.24, 2.45) is 7.05 Å². The summed E-state index contributed by atoms with van der Waals surface area (Å²) in [4.78, 5) is 35.7. The van der Waals surface area contributed by atoms with Crippen LogP contribution in [0.15, 0.2) is 23.1 Å². The van der Waals surface area contributed by atoms with Crippen molar-refractivity contribution in [2.75, 3.05) is 7.11 Å². The van der Waals surface area contributed by atoms with Crippen LogP contribution in [0.4, 0.5) is 0 Å². The summed E-state index contributed by atoms with van der Waals surface area (Å²) in [6.07, 6.45) is 1.30. The van der Waals surface area contributed by atoms with Gasteiger partial charge in [0, 0.05) is 30.6 Å². The van der Waals surface area contributed by atoms with Gasteiger partial charge in [-0.05, 0) is 19.1 Å². The van der Waals surface area contributed by atoms with E-state index in [2.05, 4.69) is 9.84 Å². The Kier molecular flexibility index (Phi) is 5.26. The van der Waals surface area contributed by atoms with Crippen molar-refractivity contribution in [2.45, 2.75) is 25.8 Å². The molecule has 9 heteroatoms. The molecule has 1 atom stereocenters. The van der Waals surface area contributed by atoms with E-state index in [4.69, 9.17) is 5.11 Å². The van der Waals surface area contributed by atoms with Crippen LogP contribution in [0.5, 0.6) is 5.75 Å². The normalized spacial score (nSPS) is 12.0. The number of ether oxygens (including phenoxy) is 1. The molecule has 2 aromatic rings. The molecule has 0 aromatic carbocycles. The maximum Gasteiger partial charge on any atom is 0.323 e. The van der Waals surface area contributed by atoms with E-state index in [0.717, 1.165) is 4.57 Å². The summed E-state index contributed by atoms with van der Waals surface area (Å²) in [5.74, 6) is -2.89. The van der Waals surface area contributed by atoms with Gasteiger partial charge in [0.15, 0.2) is 0 Å². The Bertz CT molecular complexity index is 867. The fourth-order valence-electron chi connectivity index (χ4n) is 2.76. The molecule has 2 aromatic heterocycles. The predicted octanol–water partition coefficient (Wildman–Crippen LogP) is 0.375. The Hall–Kier alpha value is -3.10. The second-order valence-corrected chi connectivity index (χ2v) is 5.58. The SMILES string of the molecule is COC(=O)CC(c1c(O)cc(C)n(CC(=O)O)c1=O)c1ccnn1C. The number of aromatic nitrogens is 3. The second-order valence-electron chi connectivity index (χ2n) is 5.58. The van der Waals surface area contributed by atoms with Gasteiger partial charge in [0.2, 0.25) is 0 Å². The molecule has 0 saturated carbocycles. The molecular weight excluding hydrogens is 330 g/mol. The number of aryl methyl sites for hydroxylation is 2. The molecule has 0 fully saturated rings. The van der Waals surface area contributed by atoms with Crippen molar-refractivity contribution in [3.8, 4) is 5.75 Å². The first-order valence-corrected chi connectivity index (χ1v) is 7.46. The number of carbonyl (C=O) groups is 2. The number of methoxy groups -OCH3 is 1. The predicted molar refractivity (Wildman–Crippen MR) is 86.4 cm³/mol. The van der Waals surface area contributed by atoms with E-state index in [9.17, 15) is 19.5 Å². The molecule has 0 aliphatic heterocycles. The Morgan fingerprint density at radius 1 is 1.40 bits per heavy atom. The average Bonchev–Trinajstić information content (AvgIpc) is 2.95. The van der Waals surface area contributed by atoms with Crippen LogP contribution < -0.4 is 5.56 Å². The van der Waals surface area contributed by atoms with Crippen molar-refractivity contribution < 1.29 is 24.5 Å². The Labute approximate surface area is 143 Å².